The number of anilines is 1. The second kappa shape index (κ2) is 4.26. The van der Waals surface area contributed by atoms with Crippen LogP contribution in [0.3, 0.4) is 0 Å². The summed E-state index contributed by atoms with van der Waals surface area (Å²) in [6.45, 7) is 0. The van der Waals surface area contributed by atoms with E-state index in [0.717, 1.165) is 24.5 Å². The normalized spacial score (nSPS) is 12.6. The van der Waals surface area contributed by atoms with Gasteiger partial charge in [-0.25, -0.2) is 0 Å². The number of aromatic nitrogens is 2. The Morgan fingerprint density at radius 1 is 1.16 bits per heavy atom. The van der Waals surface area contributed by atoms with Crippen LogP contribution in [0.5, 0.6) is 0 Å². The highest BCUT2D eigenvalue weighted by molar-refractivity contribution is 7.89. The molecule has 0 unspecified atom stereocenters. The van der Waals surface area contributed by atoms with E-state index in [2.05, 4.69) is 5.10 Å². The zero-order valence-electron chi connectivity index (χ0n) is 9.29. The first-order valence-electron chi connectivity index (χ1n) is 4.94. The molecule has 1 heterocycles. The minimum atomic E-state index is -4.52. The fourth-order valence-electron chi connectivity index (χ4n) is 1.37. The lowest BCUT2D eigenvalue weighted by Crippen LogP contribution is -2.14. The van der Waals surface area contributed by atoms with E-state index in [1.54, 1.807) is 0 Å². The van der Waals surface area contributed by atoms with Crippen molar-refractivity contribution in [1.29, 1.82) is 0 Å². The summed E-state index contributed by atoms with van der Waals surface area (Å²) in [5.74, 6) is 0. The highest BCUT2D eigenvalue weighted by Crippen LogP contribution is 2.29. The number of rotatable bonds is 2. The van der Waals surface area contributed by atoms with E-state index in [1.165, 1.54) is 0 Å². The molecule has 0 atom stereocenters. The molecule has 102 valence electrons. The SMILES string of the molecule is Nc1cnn(S(=O)(=O)c2ccc(C(F)(F)F)cc2)c1. The van der Waals surface area contributed by atoms with Gasteiger partial charge in [-0.05, 0) is 24.3 Å². The third-order valence-electron chi connectivity index (χ3n) is 2.31. The molecule has 0 saturated heterocycles. The first-order valence-corrected chi connectivity index (χ1v) is 6.38. The fourth-order valence-corrected chi connectivity index (χ4v) is 2.50. The molecule has 0 amide bonds. The van der Waals surface area contributed by atoms with Crippen molar-refractivity contribution in [3.8, 4) is 0 Å². The van der Waals surface area contributed by atoms with Crippen LogP contribution in [0, 0.1) is 0 Å². The summed E-state index contributed by atoms with van der Waals surface area (Å²) in [4.78, 5) is -0.302. The lowest BCUT2D eigenvalue weighted by molar-refractivity contribution is -0.137. The molecule has 0 bridgehead atoms. The van der Waals surface area contributed by atoms with Crippen LogP contribution in [0.25, 0.3) is 0 Å². The first kappa shape index (κ1) is 13.4. The van der Waals surface area contributed by atoms with Crippen LogP contribution in [0.2, 0.25) is 0 Å². The van der Waals surface area contributed by atoms with Gasteiger partial charge in [-0.1, -0.05) is 0 Å². The van der Waals surface area contributed by atoms with Crippen LogP contribution >= 0.6 is 0 Å². The summed E-state index contributed by atoms with van der Waals surface area (Å²) in [6.07, 6.45) is -2.33. The maximum absolute atomic E-state index is 12.4. The highest BCUT2D eigenvalue weighted by Gasteiger charge is 2.30. The van der Waals surface area contributed by atoms with Crippen LogP contribution < -0.4 is 5.73 Å². The molecule has 19 heavy (non-hydrogen) atoms. The molecule has 0 aliphatic rings. The summed E-state index contributed by atoms with van der Waals surface area (Å²) < 4.78 is 61.6. The topological polar surface area (TPSA) is 78.0 Å². The third kappa shape index (κ3) is 2.55. The second-order valence-electron chi connectivity index (χ2n) is 3.67. The minimum absolute atomic E-state index is 0.135. The molecular formula is C10H8F3N3O2S. The summed E-state index contributed by atoms with van der Waals surface area (Å²) in [5.41, 5.74) is 4.55. The monoisotopic (exact) mass is 291 g/mol. The molecule has 0 saturated carbocycles. The van der Waals surface area contributed by atoms with Crippen molar-refractivity contribution in [2.75, 3.05) is 5.73 Å². The Labute approximate surface area is 106 Å². The molecule has 0 aliphatic heterocycles. The molecule has 0 radical (unpaired) electrons. The largest absolute Gasteiger partial charge is 0.416 e. The van der Waals surface area contributed by atoms with E-state index in [0.29, 0.717) is 16.2 Å². The van der Waals surface area contributed by atoms with Gasteiger partial charge in [-0.3, -0.25) is 0 Å². The Kier molecular flexibility index (Phi) is 3.01. The number of hydrogen-bond donors (Lipinski definition) is 1. The molecule has 2 N–H and O–H groups in total. The van der Waals surface area contributed by atoms with Crippen LogP contribution in [0.15, 0.2) is 41.6 Å². The van der Waals surface area contributed by atoms with Crippen LogP contribution in [-0.4, -0.2) is 17.6 Å². The molecule has 9 heteroatoms. The number of nitrogens with zero attached hydrogens (tertiary/aromatic N) is 2. The molecule has 0 spiro atoms. The molecule has 1 aromatic carbocycles. The van der Waals surface area contributed by atoms with Crippen molar-refractivity contribution >= 4 is 15.7 Å². The summed E-state index contributed by atoms with van der Waals surface area (Å²) in [7, 11) is -4.02. The van der Waals surface area contributed by atoms with Crippen molar-refractivity contribution in [3.63, 3.8) is 0 Å². The summed E-state index contributed by atoms with van der Waals surface area (Å²) in [6, 6.07) is 3.13. The van der Waals surface area contributed by atoms with Crippen LogP contribution in [0.4, 0.5) is 18.9 Å². The van der Waals surface area contributed by atoms with Gasteiger partial charge in [0.25, 0.3) is 10.0 Å². The van der Waals surface area contributed by atoms with Gasteiger partial charge in [-0.2, -0.15) is 30.8 Å². The van der Waals surface area contributed by atoms with Gasteiger partial charge < -0.3 is 5.73 Å². The molecule has 0 aliphatic carbocycles. The van der Waals surface area contributed by atoms with Gasteiger partial charge in [0.1, 0.15) is 0 Å². The van der Waals surface area contributed by atoms with E-state index in [4.69, 9.17) is 5.73 Å². The number of nitrogen functional groups attached to an aromatic ring is 1. The minimum Gasteiger partial charge on any atom is -0.396 e. The van der Waals surface area contributed by atoms with Gasteiger partial charge in [0.2, 0.25) is 0 Å². The Hall–Kier alpha value is -2.03. The van der Waals surface area contributed by atoms with E-state index in [-0.39, 0.29) is 10.6 Å². The number of alkyl halides is 3. The van der Waals surface area contributed by atoms with E-state index < -0.39 is 21.8 Å². The number of benzene rings is 1. The zero-order chi connectivity index (χ0) is 14.3. The van der Waals surface area contributed by atoms with Gasteiger partial charge >= 0.3 is 6.18 Å². The van der Waals surface area contributed by atoms with Crippen molar-refractivity contribution in [3.05, 3.63) is 42.2 Å². The van der Waals surface area contributed by atoms with Gasteiger partial charge in [-0.15, -0.1) is 0 Å². The maximum Gasteiger partial charge on any atom is 0.416 e. The van der Waals surface area contributed by atoms with E-state index >= 15 is 0 Å². The first-order chi connectivity index (χ1) is 8.71. The summed E-state index contributed by atoms with van der Waals surface area (Å²) in [5, 5.41) is 3.52. The van der Waals surface area contributed by atoms with Gasteiger partial charge in [0, 0.05) is 0 Å². The van der Waals surface area contributed by atoms with Crippen molar-refractivity contribution < 1.29 is 21.6 Å². The number of hydrogen-bond acceptors (Lipinski definition) is 4. The molecule has 2 aromatic rings. The quantitative estimate of drug-likeness (QED) is 0.914. The predicted molar refractivity (Wildman–Crippen MR) is 60.7 cm³/mol. The van der Waals surface area contributed by atoms with E-state index in [9.17, 15) is 21.6 Å². The van der Waals surface area contributed by atoms with Crippen molar-refractivity contribution in [2.45, 2.75) is 11.1 Å². The predicted octanol–water partition coefficient (Wildman–Crippen LogP) is 1.72. The number of nitrogens with two attached hydrogens (primary N) is 1. The lowest BCUT2D eigenvalue weighted by atomic mass is 10.2. The highest BCUT2D eigenvalue weighted by atomic mass is 32.2. The van der Waals surface area contributed by atoms with Crippen molar-refractivity contribution in [1.82, 2.24) is 9.19 Å². The molecule has 1 aromatic heterocycles. The van der Waals surface area contributed by atoms with Crippen molar-refractivity contribution in [2.24, 2.45) is 0 Å². The van der Waals surface area contributed by atoms with Gasteiger partial charge in [0.15, 0.2) is 0 Å². The third-order valence-corrected chi connectivity index (χ3v) is 3.87. The lowest BCUT2D eigenvalue weighted by Gasteiger charge is -2.08. The summed E-state index contributed by atoms with van der Waals surface area (Å²) >= 11 is 0. The van der Waals surface area contributed by atoms with E-state index in [1.807, 2.05) is 0 Å². The molecule has 2 rings (SSSR count). The second-order valence-corrected chi connectivity index (χ2v) is 5.47. The smallest absolute Gasteiger partial charge is 0.396 e. The standard InChI is InChI=1S/C10H8F3N3O2S/c11-10(12,13)7-1-3-9(4-2-7)19(17,18)16-6-8(14)5-15-16/h1-6H,14H2. The Balaban J connectivity index is 2.43. The fraction of sp³-hybridized carbons (Fsp3) is 0.100. The molecule has 0 fully saturated rings. The Morgan fingerprint density at radius 2 is 1.74 bits per heavy atom. The zero-order valence-corrected chi connectivity index (χ0v) is 10.1. The Morgan fingerprint density at radius 3 is 2.16 bits per heavy atom. The van der Waals surface area contributed by atoms with Crippen LogP contribution in [0.1, 0.15) is 5.56 Å². The molecular weight excluding hydrogens is 283 g/mol. The van der Waals surface area contributed by atoms with Crippen LogP contribution in [-0.2, 0) is 16.2 Å². The van der Waals surface area contributed by atoms with Gasteiger partial charge in [0.05, 0.1) is 28.5 Å². The maximum atomic E-state index is 12.4. The molecule has 5 nitrogen and oxygen atoms in total. The Bertz CT molecular complexity index is 690. The average Bonchev–Trinajstić information content (AvgIpc) is 2.76. The number of halogens is 3. The average molecular weight is 291 g/mol.